The minimum atomic E-state index is 0.342. The molecular formula is C6H11IOS. The van der Waals surface area contributed by atoms with Gasteiger partial charge in [-0.25, -0.2) is 0 Å². The summed E-state index contributed by atoms with van der Waals surface area (Å²) in [7, 11) is 0. The summed E-state index contributed by atoms with van der Waals surface area (Å²) >= 11 is 3.73. The molecule has 0 saturated carbocycles. The van der Waals surface area contributed by atoms with Crippen molar-refractivity contribution in [3.63, 3.8) is 0 Å². The molecule has 54 valence electrons. The molecule has 9 heavy (non-hydrogen) atoms. The third-order valence-corrected chi connectivity index (χ3v) is 3.00. The van der Waals surface area contributed by atoms with Crippen molar-refractivity contribution in [3.8, 4) is 0 Å². The van der Waals surface area contributed by atoms with Crippen molar-refractivity contribution in [2.75, 3.05) is 10.2 Å². The zero-order valence-electron chi connectivity index (χ0n) is 5.52. The summed E-state index contributed by atoms with van der Waals surface area (Å²) in [6.07, 6.45) is 1.72. The molecule has 0 saturated heterocycles. The van der Waals surface area contributed by atoms with E-state index in [0.717, 1.165) is 23.0 Å². The number of alkyl halides is 1. The Morgan fingerprint density at radius 2 is 2.33 bits per heavy atom. The molecule has 0 spiro atoms. The van der Waals surface area contributed by atoms with Crippen molar-refractivity contribution in [1.29, 1.82) is 0 Å². The van der Waals surface area contributed by atoms with Gasteiger partial charge < -0.3 is 0 Å². The van der Waals surface area contributed by atoms with Gasteiger partial charge in [-0.1, -0.05) is 41.3 Å². The van der Waals surface area contributed by atoms with Crippen LogP contribution in [0.15, 0.2) is 0 Å². The van der Waals surface area contributed by atoms with Gasteiger partial charge in [0.15, 0.2) is 5.12 Å². The van der Waals surface area contributed by atoms with Crippen LogP contribution in [0.25, 0.3) is 0 Å². The summed E-state index contributed by atoms with van der Waals surface area (Å²) in [6.45, 7) is 2.03. The second kappa shape index (κ2) is 6.86. The normalized spacial score (nSPS) is 9.56. The Labute approximate surface area is 74.1 Å². The minimum absolute atomic E-state index is 0.342. The van der Waals surface area contributed by atoms with Crippen molar-refractivity contribution in [2.24, 2.45) is 0 Å². The highest BCUT2D eigenvalue weighted by Gasteiger charge is 1.97. The lowest BCUT2D eigenvalue weighted by Gasteiger charge is -1.93. The summed E-state index contributed by atoms with van der Waals surface area (Å²) in [5.41, 5.74) is 0. The van der Waals surface area contributed by atoms with E-state index in [0.29, 0.717) is 5.12 Å². The lowest BCUT2D eigenvalue weighted by molar-refractivity contribution is -0.111. The summed E-state index contributed by atoms with van der Waals surface area (Å²) in [4.78, 5) is 10.8. The maximum atomic E-state index is 10.8. The Balaban J connectivity index is 3.06. The van der Waals surface area contributed by atoms with Crippen LogP contribution in [-0.2, 0) is 4.79 Å². The quantitative estimate of drug-likeness (QED) is 0.569. The number of hydrogen-bond acceptors (Lipinski definition) is 2. The largest absolute Gasteiger partial charge is 0.287 e. The molecule has 1 nitrogen and oxygen atoms in total. The van der Waals surface area contributed by atoms with Gasteiger partial charge in [0, 0.05) is 16.6 Å². The molecule has 0 aromatic rings. The lowest BCUT2D eigenvalue weighted by atomic mass is 10.4. The smallest absolute Gasteiger partial charge is 0.188 e. The van der Waals surface area contributed by atoms with Crippen LogP contribution in [0.1, 0.15) is 19.8 Å². The van der Waals surface area contributed by atoms with Crippen molar-refractivity contribution >= 4 is 39.5 Å². The van der Waals surface area contributed by atoms with Crippen molar-refractivity contribution in [2.45, 2.75) is 19.8 Å². The summed E-state index contributed by atoms with van der Waals surface area (Å²) in [5.74, 6) is 0.972. The fraction of sp³-hybridized carbons (Fsp3) is 0.833. The highest BCUT2D eigenvalue weighted by atomic mass is 127. The molecule has 0 aliphatic carbocycles. The first-order valence-electron chi connectivity index (χ1n) is 3.02. The fourth-order valence-electron chi connectivity index (χ4n) is 0.429. The van der Waals surface area contributed by atoms with Gasteiger partial charge in [-0.05, 0) is 6.42 Å². The molecule has 0 aliphatic rings. The summed E-state index contributed by atoms with van der Waals surface area (Å²) < 4.78 is 1.07. The SMILES string of the molecule is CCCC(=O)SCCI. The maximum Gasteiger partial charge on any atom is 0.188 e. The monoisotopic (exact) mass is 258 g/mol. The van der Waals surface area contributed by atoms with Crippen molar-refractivity contribution in [3.05, 3.63) is 0 Å². The molecule has 0 aliphatic heterocycles. The maximum absolute atomic E-state index is 10.8. The number of rotatable bonds is 4. The van der Waals surface area contributed by atoms with Crippen LogP contribution < -0.4 is 0 Å². The minimum Gasteiger partial charge on any atom is -0.287 e. The first-order chi connectivity index (χ1) is 4.31. The average Bonchev–Trinajstić information content (AvgIpc) is 1.85. The van der Waals surface area contributed by atoms with Gasteiger partial charge >= 0.3 is 0 Å². The molecule has 0 bridgehead atoms. The van der Waals surface area contributed by atoms with E-state index in [1.54, 1.807) is 0 Å². The van der Waals surface area contributed by atoms with E-state index in [-0.39, 0.29) is 0 Å². The molecule has 0 aromatic carbocycles. The van der Waals surface area contributed by atoms with Gasteiger partial charge in [0.05, 0.1) is 0 Å². The molecule has 0 unspecified atom stereocenters. The van der Waals surface area contributed by atoms with Crippen LogP contribution in [0.5, 0.6) is 0 Å². The van der Waals surface area contributed by atoms with Gasteiger partial charge in [0.2, 0.25) is 0 Å². The van der Waals surface area contributed by atoms with E-state index in [9.17, 15) is 4.79 Å². The summed E-state index contributed by atoms with van der Waals surface area (Å²) in [5, 5.41) is 0.342. The standard InChI is InChI=1S/C6H11IOS/c1-2-3-6(8)9-5-4-7/h2-5H2,1H3. The molecule has 0 fully saturated rings. The molecule has 0 amide bonds. The molecule has 0 atom stereocenters. The Morgan fingerprint density at radius 1 is 1.67 bits per heavy atom. The molecule has 3 heteroatoms. The van der Waals surface area contributed by atoms with E-state index < -0.39 is 0 Å². The molecule has 0 radical (unpaired) electrons. The molecular weight excluding hydrogens is 247 g/mol. The zero-order valence-corrected chi connectivity index (χ0v) is 8.50. The van der Waals surface area contributed by atoms with Crippen LogP contribution in [0.4, 0.5) is 0 Å². The first kappa shape index (κ1) is 9.75. The predicted octanol–water partition coefficient (Wildman–Crippen LogP) is 2.48. The predicted molar refractivity (Wildman–Crippen MR) is 51.3 cm³/mol. The van der Waals surface area contributed by atoms with E-state index in [4.69, 9.17) is 0 Å². The van der Waals surface area contributed by atoms with Gasteiger partial charge in [0.1, 0.15) is 0 Å². The van der Waals surface area contributed by atoms with E-state index in [1.165, 1.54) is 11.8 Å². The van der Waals surface area contributed by atoms with Crippen LogP contribution in [0, 0.1) is 0 Å². The molecule has 0 rings (SSSR count). The van der Waals surface area contributed by atoms with E-state index >= 15 is 0 Å². The van der Waals surface area contributed by atoms with Gasteiger partial charge in [-0.2, -0.15) is 0 Å². The van der Waals surface area contributed by atoms with Crippen LogP contribution in [0.2, 0.25) is 0 Å². The Bertz CT molecular complexity index is 85.1. The number of hydrogen-bond donors (Lipinski definition) is 0. The fourth-order valence-corrected chi connectivity index (χ4v) is 1.74. The topological polar surface area (TPSA) is 17.1 Å². The first-order valence-corrected chi connectivity index (χ1v) is 5.54. The lowest BCUT2D eigenvalue weighted by Crippen LogP contribution is -1.91. The number of carbonyl (C=O) groups excluding carboxylic acids is 1. The summed E-state index contributed by atoms with van der Waals surface area (Å²) in [6, 6.07) is 0. The highest BCUT2D eigenvalue weighted by Crippen LogP contribution is 2.07. The molecule has 0 N–H and O–H groups in total. The van der Waals surface area contributed by atoms with E-state index in [1.807, 2.05) is 6.92 Å². The Hall–Kier alpha value is 0.750. The van der Waals surface area contributed by atoms with Gasteiger partial charge in [-0.3, -0.25) is 4.79 Å². The molecule has 0 heterocycles. The van der Waals surface area contributed by atoms with Crippen molar-refractivity contribution in [1.82, 2.24) is 0 Å². The third kappa shape index (κ3) is 6.64. The second-order valence-corrected chi connectivity index (χ2v) is 3.89. The highest BCUT2D eigenvalue weighted by molar-refractivity contribution is 14.1. The second-order valence-electron chi connectivity index (χ2n) is 1.66. The Kier molecular flexibility index (Phi) is 7.44. The number of thioether (sulfide) groups is 1. The van der Waals surface area contributed by atoms with Crippen LogP contribution in [-0.4, -0.2) is 15.3 Å². The van der Waals surface area contributed by atoms with E-state index in [2.05, 4.69) is 22.6 Å². The van der Waals surface area contributed by atoms with Gasteiger partial charge in [0.25, 0.3) is 0 Å². The average molecular weight is 258 g/mol. The molecule has 0 aromatic heterocycles. The third-order valence-electron chi connectivity index (χ3n) is 0.794. The number of carbonyl (C=O) groups is 1. The Morgan fingerprint density at radius 3 is 2.78 bits per heavy atom. The zero-order chi connectivity index (χ0) is 7.11. The van der Waals surface area contributed by atoms with Crippen LogP contribution in [0.3, 0.4) is 0 Å². The van der Waals surface area contributed by atoms with Crippen LogP contribution >= 0.6 is 34.4 Å². The van der Waals surface area contributed by atoms with Crippen molar-refractivity contribution < 1.29 is 4.79 Å². The van der Waals surface area contributed by atoms with Gasteiger partial charge in [-0.15, -0.1) is 0 Å². The number of halogens is 1.